The quantitative estimate of drug-likeness (QED) is 0.681. The number of hydrogen-bond donors (Lipinski definition) is 2. The Balaban J connectivity index is 0.000000438. The number of nitrogens with zero attached hydrogens (tertiary/aromatic N) is 3. The summed E-state index contributed by atoms with van der Waals surface area (Å²) in [6.45, 7) is 3.47. The molecule has 1 aliphatic heterocycles. The molecule has 3 rings (SSSR count). The molecule has 2 N–H and O–H groups in total. The molecule has 1 aromatic heterocycles. The summed E-state index contributed by atoms with van der Waals surface area (Å²) >= 11 is 0. The molecule has 1 aromatic carbocycles. The number of benzene rings is 1. The van der Waals surface area contributed by atoms with Gasteiger partial charge in [-0.25, -0.2) is 18.0 Å². The molecule has 0 saturated carbocycles. The maximum Gasteiger partial charge on any atom is 0.414 e. The lowest BCUT2D eigenvalue weighted by molar-refractivity contribution is -0.159. The van der Waals surface area contributed by atoms with Crippen molar-refractivity contribution < 1.29 is 28.2 Å². The molecule has 10 heteroatoms. The number of piperazine rings is 1. The van der Waals surface area contributed by atoms with Crippen LogP contribution in [0.1, 0.15) is 11.1 Å². The van der Waals surface area contributed by atoms with E-state index in [1.165, 1.54) is 5.56 Å². The summed E-state index contributed by atoms with van der Waals surface area (Å²) in [4.78, 5) is 24.5. The van der Waals surface area contributed by atoms with Crippen LogP contribution in [0, 0.1) is 0 Å². The number of carboxylic acid groups (broad SMARTS) is 2. The number of pyridine rings is 1. The SMILES string of the molecule is O=C(O)C(=O)O.O=S(=O)(Cc1ccccc1)N1CCN(Cc2ccncc2)CC1. The Kier molecular flexibility index (Phi) is 8.25. The first-order valence-corrected chi connectivity index (χ1v) is 10.5. The third-order valence-electron chi connectivity index (χ3n) is 4.26. The summed E-state index contributed by atoms with van der Waals surface area (Å²) in [5.41, 5.74) is 2.05. The Morgan fingerprint density at radius 3 is 1.93 bits per heavy atom. The van der Waals surface area contributed by atoms with Gasteiger partial charge in [0.1, 0.15) is 0 Å². The van der Waals surface area contributed by atoms with Gasteiger partial charge in [0.05, 0.1) is 5.75 Å². The second kappa shape index (κ2) is 10.6. The van der Waals surface area contributed by atoms with E-state index in [9.17, 15) is 8.42 Å². The van der Waals surface area contributed by atoms with Gasteiger partial charge in [-0.1, -0.05) is 30.3 Å². The number of carboxylic acids is 2. The summed E-state index contributed by atoms with van der Waals surface area (Å²) in [5.74, 6) is -3.57. The van der Waals surface area contributed by atoms with Crippen molar-refractivity contribution in [2.45, 2.75) is 12.3 Å². The molecular formula is C19H23N3O6S. The monoisotopic (exact) mass is 421 g/mol. The van der Waals surface area contributed by atoms with Crippen molar-refractivity contribution in [2.24, 2.45) is 0 Å². The Hall–Kier alpha value is -2.82. The Bertz CT molecular complexity index is 886. The van der Waals surface area contributed by atoms with Crippen LogP contribution in [0.4, 0.5) is 0 Å². The molecule has 1 fully saturated rings. The highest BCUT2D eigenvalue weighted by Gasteiger charge is 2.26. The first-order valence-electron chi connectivity index (χ1n) is 8.87. The lowest BCUT2D eigenvalue weighted by Gasteiger charge is -2.34. The number of aromatic nitrogens is 1. The molecule has 1 saturated heterocycles. The van der Waals surface area contributed by atoms with Gasteiger partial charge in [-0.2, -0.15) is 4.31 Å². The van der Waals surface area contributed by atoms with E-state index in [1.807, 2.05) is 42.5 Å². The summed E-state index contributed by atoms with van der Waals surface area (Å²) in [6, 6.07) is 13.4. The van der Waals surface area contributed by atoms with Crippen molar-refractivity contribution in [2.75, 3.05) is 26.2 Å². The number of rotatable bonds is 5. The van der Waals surface area contributed by atoms with E-state index in [2.05, 4.69) is 9.88 Å². The highest BCUT2D eigenvalue weighted by Crippen LogP contribution is 2.15. The molecule has 0 atom stereocenters. The van der Waals surface area contributed by atoms with E-state index in [0.717, 1.165) is 25.2 Å². The topological polar surface area (TPSA) is 128 Å². The van der Waals surface area contributed by atoms with Gasteiger partial charge in [0.15, 0.2) is 0 Å². The molecule has 156 valence electrons. The van der Waals surface area contributed by atoms with E-state index in [4.69, 9.17) is 19.8 Å². The predicted molar refractivity (Wildman–Crippen MR) is 105 cm³/mol. The summed E-state index contributed by atoms with van der Waals surface area (Å²) in [5, 5.41) is 14.8. The van der Waals surface area contributed by atoms with Gasteiger partial charge in [-0.15, -0.1) is 0 Å². The number of hydrogen-bond acceptors (Lipinski definition) is 6. The fourth-order valence-electron chi connectivity index (χ4n) is 2.79. The van der Waals surface area contributed by atoms with Crippen molar-refractivity contribution in [1.29, 1.82) is 0 Å². The van der Waals surface area contributed by atoms with Gasteiger partial charge in [0.2, 0.25) is 10.0 Å². The van der Waals surface area contributed by atoms with Crippen LogP contribution in [-0.2, 0) is 31.9 Å². The minimum atomic E-state index is -3.24. The van der Waals surface area contributed by atoms with Crippen molar-refractivity contribution >= 4 is 22.0 Å². The molecular weight excluding hydrogens is 398 g/mol. The second-order valence-corrected chi connectivity index (χ2v) is 8.35. The zero-order chi connectivity index (χ0) is 21.3. The van der Waals surface area contributed by atoms with Crippen LogP contribution < -0.4 is 0 Å². The first-order chi connectivity index (χ1) is 13.8. The fraction of sp³-hybridized carbons (Fsp3) is 0.316. The average molecular weight is 421 g/mol. The van der Waals surface area contributed by atoms with Crippen LogP contribution in [0.5, 0.6) is 0 Å². The van der Waals surface area contributed by atoms with E-state index in [0.29, 0.717) is 13.1 Å². The van der Waals surface area contributed by atoms with E-state index in [1.54, 1.807) is 16.7 Å². The van der Waals surface area contributed by atoms with Gasteiger partial charge in [0, 0.05) is 45.1 Å². The van der Waals surface area contributed by atoms with E-state index >= 15 is 0 Å². The van der Waals surface area contributed by atoms with Gasteiger partial charge < -0.3 is 10.2 Å². The first kappa shape index (κ1) is 22.5. The Labute approximate surface area is 169 Å². The minimum Gasteiger partial charge on any atom is -0.473 e. The van der Waals surface area contributed by atoms with Gasteiger partial charge in [-0.3, -0.25) is 9.88 Å². The average Bonchev–Trinajstić information content (AvgIpc) is 2.70. The maximum atomic E-state index is 12.5. The van der Waals surface area contributed by atoms with Crippen LogP contribution in [0.25, 0.3) is 0 Å². The third kappa shape index (κ3) is 7.60. The molecule has 9 nitrogen and oxygen atoms in total. The minimum absolute atomic E-state index is 0.0815. The number of sulfonamides is 1. The van der Waals surface area contributed by atoms with Crippen molar-refractivity contribution in [1.82, 2.24) is 14.2 Å². The molecule has 2 aromatic rings. The molecule has 1 aliphatic rings. The lowest BCUT2D eigenvalue weighted by atomic mass is 10.2. The van der Waals surface area contributed by atoms with Crippen LogP contribution in [0.3, 0.4) is 0 Å². The molecule has 2 heterocycles. The zero-order valence-electron chi connectivity index (χ0n) is 15.7. The normalized spacial score (nSPS) is 15.2. The molecule has 0 spiro atoms. The number of aliphatic carboxylic acids is 2. The second-order valence-electron chi connectivity index (χ2n) is 6.38. The molecule has 0 bridgehead atoms. The van der Waals surface area contributed by atoms with Crippen LogP contribution in [0.15, 0.2) is 54.9 Å². The lowest BCUT2D eigenvalue weighted by Crippen LogP contribution is -2.48. The Morgan fingerprint density at radius 2 is 1.41 bits per heavy atom. The molecule has 0 aliphatic carbocycles. The smallest absolute Gasteiger partial charge is 0.414 e. The summed E-state index contributed by atoms with van der Waals surface area (Å²) < 4.78 is 26.7. The van der Waals surface area contributed by atoms with Crippen LogP contribution in [-0.4, -0.2) is 70.9 Å². The highest BCUT2D eigenvalue weighted by atomic mass is 32.2. The van der Waals surface area contributed by atoms with Crippen LogP contribution >= 0.6 is 0 Å². The van der Waals surface area contributed by atoms with Gasteiger partial charge >= 0.3 is 11.9 Å². The molecule has 0 radical (unpaired) electrons. The van der Waals surface area contributed by atoms with E-state index in [-0.39, 0.29) is 5.75 Å². The van der Waals surface area contributed by atoms with E-state index < -0.39 is 22.0 Å². The fourth-order valence-corrected chi connectivity index (χ4v) is 4.30. The van der Waals surface area contributed by atoms with Crippen LogP contribution in [0.2, 0.25) is 0 Å². The van der Waals surface area contributed by atoms with Crippen molar-refractivity contribution in [3.8, 4) is 0 Å². The standard InChI is InChI=1S/C17H21N3O2S.C2H2O4/c21-23(22,15-17-4-2-1-3-5-17)20-12-10-19(11-13-20)14-16-6-8-18-9-7-16;3-1(4)2(5)6/h1-9H,10-15H2;(H,3,4)(H,5,6). The van der Waals surface area contributed by atoms with Crippen molar-refractivity contribution in [3.05, 3.63) is 66.0 Å². The zero-order valence-corrected chi connectivity index (χ0v) is 16.5. The van der Waals surface area contributed by atoms with Gasteiger partial charge in [0.25, 0.3) is 0 Å². The molecule has 0 unspecified atom stereocenters. The molecule has 29 heavy (non-hydrogen) atoms. The molecule has 0 amide bonds. The largest absolute Gasteiger partial charge is 0.473 e. The number of carbonyl (C=O) groups is 2. The van der Waals surface area contributed by atoms with Crippen molar-refractivity contribution in [3.63, 3.8) is 0 Å². The predicted octanol–water partition coefficient (Wildman–Crippen LogP) is 0.885. The Morgan fingerprint density at radius 1 is 0.862 bits per heavy atom. The highest BCUT2D eigenvalue weighted by molar-refractivity contribution is 7.88. The van der Waals surface area contributed by atoms with Gasteiger partial charge in [-0.05, 0) is 23.3 Å². The third-order valence-corrected chi connectivity index (χ3v) is 6.11. The summed E-state index contributed by atoms with van der Waals surface area (Å²) in [7, 11) is -3.24. The summed E-state index contributed by atoms with van der Waals surface area (Å²) in [6.07, 6.45) is 3.58. The maximum absolute atomic E-state index is 12.5.